The van der Waals surface area contributed by atoms with E-state index in [9.17, 15) is 4.79 Å². The molecule has 2 aromatic rings. The summed E-state index contributed by atoms with van der Waals surface area (Å²) in [6.07, 6.45) is 0. The van der Waals surface area contributed by atoms with Gasteiger partial charge in [0.1, 0.15) is 17.3 Å². The van der Waals surface area contributed by atoms with Crippen LogP contribution in [0, 0.1) is 6.92 Å². The molecule has 0 saturated carbocycles. The van der Waals surface area contributed by atoms with Crippen molar-refractivity contribution in [2.75, 3.05) is 52.8 Å². The van der Waals surface area contributed by atoms with Gasteiger partial charge in [-0.3, -0.25) is 4.79 Å². The fourth-order valence-electron chi connectivity index (χ4n) is 2.97. The number of aromatic nitrogens is 2. The minimum atomic E-state index is -0.0658. The zero-order chi connectivity index (χ0) is 19.4. The van der Waals surface area contributed by atoms with Crippen molar-refractivity contribution in [2.45, 2.75) is 6.92 Å². The summed E-state index contributed by atoms with van der Waals surface area (Å²) >= 11 is 0. The Kier molecular flexibility index (Phi) is 5.75. The average molecular weight is 371 g/mol. The lowest BCUT2D eigenvalue weighted by molar-refractivity contribution is 0.0658. The van der Waals surface area contributed by atoms with Crippen LogP contribution in [0.25, 0.3) is 0 Å². The number of nitrogens with one attached hydrogen (secondary N) is 1. The number of hydrogen-bond donors (Lipinski definition) is 1. The molecule has 0 aliphatic carbocycles. The number of piperazine rings is 1. The molecule has 3 rings (SSSR count). The van der Waals surface area contributed by atoms with Gasteiger partial charge in [0, 0.05) is 44.0 Å². The first-order valence-electron chi connectivity index (χ1n) is 8.82. The summed E-state index contributed by atoms with van der Waals surface area (Å²) in [6, 6.07) is 7.18. The van der Waals surface area contributed by atoms with E-state index in [-0.39, 0.29) is 5.91 Å². The van der Waals surface area contributed by atoms with Crippen molar-refractivity contribution in [3.05, 3.63) is 35.8 Å². The largest absolute Gasteiger partial charge is 0.493 e. The molecule has 27 heavy (non-hydrogen) atoms. The van der Waals surface area contributed by atoms with Crippen LogP contribution >= 0.6 is 0 Å². The summed E-state index contributed by atoms with van der Waals surface area (Å²) in [6.45, 7) is 4.92. The minimum Gasteiger partial charge on any atom is -0.493 e. The summed E-state index contributed by atoms with van der Waals surface area (Å²) in [5, 5.41) is 3.21. The van der Waals surface area contributed by atoms with E-state index in [1.165, 1.54) is 0 Å². The van der Waals surface area contributed by atoms with Gasteiger partial charge in [-0.05, 0) is 26.1 Å². The smallest absolute Gasteiger partial charge is 0.272 e. The van der Waals surface area contributed by atoms with Crippen molar-refractivity contribution in [2.24, 2.45) is 0 Å². The maximum atomic E-state index is 12.8. The number of anilines is 2. The summed E-state index contributed by atoms with van der Waals surface area (Å²) in [4.78, 5) is 25.6. The third-order valence-corrected chi connectivity index (χ3v) is 4.50. The number of carbonyl (C=O) groups excluding carboxylic acids is 1. The number of benzene rings is 1. The number of amides is 1. The van der Waals surface area contributed by atoms with E-state index in [1.54, 1.807) is 27.2 Å². The van der Waals surface area contributed by atoms with Crippen molar-refractivity contribution in [1.29, 1.82) is 0 Å². The standard InChI is InChI=1S/C19H25N5O3/c1-13-20-15(19(25)24-9-7-23(2)8-10-24)12-18(21-13)22-14-5-6-16(26-3)17(11-14)27-4/h5-6,11-12H,7-10H2,1-4H3,(H,20,21,22). The van der Waals surface area contributed by atoms with Crippen LogP contribution < -0.4 is 14.8 Å². The molecule has 1 aromatic carbocycles. The molecule has 1 aliphatic rings. The Hall–Kier alpha value is -2.87. The normalized spacial score (nSPS) is 14.7. The Morgan fingerprint density at radius 1 is 1.04 bits per heavy atom. The topological polar surface area (TPSA) is 79.8 Å². The summed E-state index contributed by atoms with van der Waals surface area (Å²) in [5.74, 6) is 2.30. The number of carbonyl (C=O) groups is 1. The number of nitrogens with zero attached hydrogens (tertiary/aromatic N) is 4. The first kappa shape index (κ1) is 18.9. The van der Waals surface area contributed by atoms with Crippen molar-refractivity contribution in [1.82, 2.24) is 19.8 Å². The molecule has 8 nitrogen and oxygen atoms in total. The van der Waals surface area contributed by atoms with Gasteiger partial charge in [0.2, 0.25) is 0 Å². The van der Waals surface area contributed by atoms with E-state index in [4.69, 9.17) is 9.47 Å². The summed E-state index contributed by atoms with van der Waals surface area (Å²) in [5.41, 5.74) is 1.18. The SMILES string of the molecule is COc1ccc(Nc2cc(C(=O)N3CCN(C)CC3)nc(C)n2)cc1OC. The fraction of sp³-hybridized carbons (Fsp3) is 0.421. The molecule has 0 bridgehead atoms. The van der Waals surface area contributed by atoms with Crippen LogP contribution in [0.1, 0.15) is 16.3 Å². The highest BCUT2D eigenvalue weighted by molar-refractivity contribution is 5.93. The lowest BCUT2D eigenvalue weighted by atomic mass is 10.2. The Bertz CT molecular complexity index is 819. The second-order valence-corrected chi connectivity index (χ2v) is 6.48. The van der Waals surface area contributed by atoms with Gasteiger partial charge >= 0.3 is 0 Å². The molecule has 2 heterocycles. The predicted molar refractivity (Wildman–Crippen MR) is 103 cm³/mol. The van der Waals surface area contributed by atoms with Crippen LogP contribution in [0.5, 0.6) is 11.5 Å². The number of ether oxygens (including phenoxy) is 2. The van der Waals surface area contributed by atoms with Crippen LogP contribution in [0.3, 0.4) is 0 Å². The Morgan fingerprint density at radius 3 is 2.41 bits per heavy atom. The van der Waals surface area contributed by atoms with Crippen LogP contribution in [0.15, 0.2) is 24.3 Å². The highest BCUT2D eigenvalue weighted by atomic mass is 16.5. The third-order valence-electron chi connectivity index (χ3n) is 4.50. The molecule has 144 valence electrons. The lowest BCUT2D eigenvalue weighted by Crippen LogP contribution is -2.47. The van der Waals surface area contributed by atoms with Gasteiger partial charge in [-0.15, -0.1) is 0 Å². The first-order chi connectivity index (χ1) is 13.0. The maximum Gasteiger partial charge on any atom is 0.272 e. The first-order valence-corrected chi connectivity index (χ1v) is 8.82. The van der Waals surface area contributed by atoms with Gasteiger partial charge in [0.15, 0.2) is 11.5 Å². The molecule has 0 spiro atoms. The molecule has 1 saturated heterocycles. The summed E-state index contributed by atoms with van der Waals surface area (Å²) in [7, 11) is 5.24. The van der Waals surface area contributed by atoms with E-state index >= 15 is 0 Å². The quantitative estimate of drug-likeness (QED) is 0.860. The molecule has 1 N–H and O–H groups in total. The van der Waals surface area contributed by atoms with E-state index in [2.05, 4.69) is 27.2 Å². The molecule has 1 aromatic heterocycles. The van der Waals surface area contributed by atoms with E-state index in [0.717, 1.165) is 18.8 Å². The summed E-state index contributed by atoms with van der Waals surface area (Å²) < 4.78 is 10.6. The predicted octanol–water partition coefficient (Wildman–Crippen LogP) is 1.93. The van der Waals surface area contributed by atoms with Gasteiger partial charge in [-0.1, -0.05) is 0 Å². The zero-order valence-electron chi connectivity index (χ0n) is 16.2. The minimum absolute atomic E-state index is 0.0658. The highest BCUT2D eigenvalue weighted by Crippen LogP contribution is 2.30. The van der Waals surface area contributed by atoms with Crippen molar-refractivity contribution < 1.29 is 14.3 Å². The lowest BCUT2D eigenvalue weighted by Gasteiger charge is -2.32. The van der Waals surface area contributed by atoms with E-state index < -0.39 is 0 Å². The van der Waals surface area contributed by atoms with Crippen LogP contribution in [0.2, 0.25) is 0 Å². The Labute approximate surface area is 159 Å². The van der Waals surface area contributed by atoms with Gasteiger partial charge < -0.3 is 24.6 Å². The zero-order valence-corrected chi connectivity index (χ0v) is 16.2. The van der Waals surface area contributed by atoms with Gasteiger partial charge in [-0.2, -0.15) is 0 Å². The third kappa shape index (κ3) is 4.46. The molecule has 1 aliphatic heterocycles. The van der Waals surface area contributed by atoms with Crippen LogP contribution in [-0.2, 0) is 0 Å². The Morgan fingerprint density at radius 2 is 1.74 bits per heavy atom. The molecular weight excluding hydrogens is 346 g/mol. The number of likely N-dealkylation sites (N-methyl/N-ethyl adjacent to an activating group) is 1. The molecule has 8 heteroatoms. The molecule has 1 fully saturated rings. The van der Waals surface area contributed by atoms with E-state index in [0.29, 0.717) is 41.9 Å². The molecule has 0 radical (unpaired) electrons. The number of rotatable bonds is 5. The fourth-order valence-corrected chi connectivity index (χ4v) is 2.97. The van der Waals surface area contributed by atoms with E-state index in [1.807, 2.05) is 23.1 Å². The molecule has 1 amide bonds. The van der Waals surface area contributed by atoms with Crippen molar-refractivity contribution >= 4 is 17.4 Å². The van der Waals surface area contributed by atoms with Crippen LogP contribution in [0.4, 0.5) is 11.5 Å². The van der Waals surface area contributed by atoms with Gasteiger partial charge in [0.05, 0.1) is 14.2 Å². The number of aryl methyl sites for hydroxylation is 1. The second kappa shape index (κ2) is 8.22. The monoisotopic (exact) mass is 371 g/mol. The number of methoxy groups -OCH3 is 2. The molecule has 0 atom stereocenters. The second-order valence-electron chi connectivity index (χ2n) is 6.48. The van der Waals surface area contributed by atoms with Gasteiger partial charge in [-0.25, -0.2) is 9.97 Å². The molecule has 0 unspecified atom stereocenters. The molecular formula is C19H25N5O3. The maximum absolute atomic E-state index is 12.8. The average Bonchev–Trinajstić information content (AvgIpc) is 2.67. The number of hydrogen-bond acceptors (Lipinski definition) is 7. The Balaban J connectivity index is 1.80. The van der Waals surface area contributed by atoms with Crippen molar-refractivity contribution in [3.8, 4) is 11.5 Å². The van der Waals surface area contributed by atoms with Crippen molar-refractivity contribution in [3.63, 3.8) is 0 Å². The highest BCUT2D eigenvalue weighted by Gasteiger charge is 2.22. The van der Waals surface area contributed by atoms with Crippen LogP contribution in [-0.4, -0.2) is 73.1 Å². The van der Waals surface area contributed by atoms with Gasteiger partial charge in [0.25, 0.3) is 5.91 Å².